The summed E-state index contributed by atoms with van der Waals surface area (Å²) in [6.45, 7) is 2.21. The van der Waals surface area contributed by atoms with Gasteiger partial charge in [-0.1, -0.05) is 188 Å². The summed E-state index contributed by atoms with van der Waals surface area (Å²) in [7, 11) is 0. The normalized spacial score (nSPS) is 11.5. The van der Waals surface area contributed by atoms with Crippen molar-refractivity contribution in [3.05, 3.63) is 212 Å². The number of rotatable bonds is 6. The molecule has 3 nitrogen and oxygen atoms in total. The molecule has 1 heterocycles. The molecule has 0 aliphatic carbocycles. The monoisotopic (exact) mass is 751 g/mol. The Hall–Kier alpha value is -7.75. The summed E-state index contributed by atoms with van der Waals surface area (Å²) in [5, 5.41) is 10.1. The van der Waals surface area contributed by atoms with Crippen LogP contribution in [-0.2, 0) is 0 Å². The van der Waals surface area contributed by atoms with E-state index >= 15 is 0 Å². The molecule has 0 aliphatic heterocycles. The van der Waals surface area contributed by atoms with Gasteiger partial charge in [0.25, 0.3) is 0 Å². The van der Waals surface area contributed by atoms with Crippen LogP contribution in [0.4, 0.5) is 0 Å². The maximum Gasteiger partial charge on any atom is 0.164 e. The minimum absolute atomic E-state index is 0.643. The molecule has 276 valence electrons. The number of nitrogens with zero attached hydrogens (tertiary/aromatic N) is 3. The second-order valence-electron chi connectivity index (χ2n) is 15.3. The van der Waals surface area contributed by atoms with Gasteiger partial charge in [0.15, 0.2) is 17.5 Å². The summed E-state index contributed by atoms with van der Waals surface area (Å²) in [5.41, 5.74) is 11.2. The van der Waals surface area contributed by atoms with Gasteiger partial charge in [0, 0.05) is 16.7 Å². The Morgan fingerprint density at radius 2 is 0.712 bits per heavy atom. The zero-order valence-corrected chi connectivity index (χ0v) is 32.5. The first-order valence-corrected chi connectivity index (χ1v) is 20.1. The third-order valence-electron chi connectivity index (χ3n) is 11.6. The third kappa shape index (κ3) is 6.30. The number of aryl methyl sites for hydroxylation is 1. The standard InChI is InChI=1S/C56H37N3/c1-36-32-43(44-29-31-52-50-20-8-7-18-48(50)49-19-9-10-21-51(49)53(52)35-44)28-30-47(36)39-25-22-38(23-26-39)42-16-11-17-45(33-42)55-57-54(40-13-3-2-4-14-40)58-56(59-55)46-27-24-37-12-5-6-15-41(37)34-46/h2-35H,1H3. The highest BCUT2D eigenvalue weighted by molar-refractivity contribution is 6.25. The van der Waals surface area contributed by atoms with Gasteiger partial charge in [-0.2, -0.15) is 0 Å². The van der Waals surface area contributed by atoms with Crippen LogP contribution < -0.4 is 0 Å². The van der Waals surface area contributed by atoms with Crippen LogP contribution in [0.5, 0.6) is 0 Å². The van der Waals surface area contributed by atoms with Crippen molar-refractivity contribution in [2.24, 2.45) is 0 Å². The summed E-state index contributed by atoms with van der Waals surface area (Å²) in [6, 6.07) is 73.5. The number of fused-ring (bicyclic) bond motifs is 7. The van der Waals surface area contributed by atoms with Crippen LogP contribution in [0, 0.1) is 6.92 Å². The van der Waals surface area contributed by atoms with E-state index in [4.69, 9.17) is 15.0 Å². The van der Waals surface area contributed by atoms with E-state index < -0.39 is 0 Å². The van der Waals surface area contributed by atoms with Gasteiger partial charge in [-0.15, -0.1) is 0 Å². The first-order valence-electron chi connectivity index (χ1n) is 20.1. The summed E-state index contributed by atoms with van der Waals surface area (Å²) < 4.78 is 0. The summed E-state index contributed by atoms with van der Waals surface area (Å²) in [6.07, 6.45) is 0. The van der Waals surface area contributed by atoms with Gasteiger partial charge in [-0.3, -0.25) is 0 Å². The number of benzene rings is 10. The van der Waals surface area contributed by atoms with Crippen LogP contribution in [0.3, 0.4) is 0 Å². The van der Waals surface area contributed by atoms with E-state index in [2.05, 4.69) is 183 Å². The van der Waals surface area contributed by atoms with E-state index in [1.165, 1.54) is 65.5 Å². The average Bonchev–Trinajstić information content (AvgIpc) is 3.31. The van der Waals surface area contributed by atoms with Crippen molar-refractivity contribution >= 4 is 43.1 Å². The Balaban J connectivity index is 0.910. The van der Waals surface area contributed by atoms with Gasteiger partial charge < -0.3 is 0 Å². The van der Waals surface area contributed by atoms with Crippen molar-refractivity contribution in [2.75, 3.05) is 0 Å². The predicted molar refractivity (Wildman–Crippen MR) is 247 cm³/mol. The molecule has 0 radical (unpaired) electrons. The van der Waals surface area contributed by atoms with E-state index in [1.807, 2.05) is 30.3 Å². The molecule has 0 amide bonds. The summed E-state index contributed by atoms with van der Waals surface area (Å²) >= 11 is 0. The molecule has 10 aromatic carbocycles. The van der Waals surface area contributed by atoms with Crippen LogP contribution in [0.25, 0.3) is 111 Å². The lowest BCUT2D eigenvalue weighted by molar-refractivity contribution is 1.07. The Labute approximate surface area is 343 Å². The molecule has 0 aliphatic rings. The molecule has 11 rings (SSSR count). The van der Waals surface area contributed by atoms with E-state index in [9.17, 15) is 0 Å². The van der Waals surface area contributed by atoms with E-state index in [-0.39, 0.29) is 0 Å². The SMILES string of the molecule is Cc1cc(-c2ccc3c4ccccc4c4ccccc4c3c2)ccc1-c1ccc(-c2cccc(-c3nc(-c4ccccc4)nc(-c4ccc5ccccc5c4)n3)c2)cc1. The average molecular weight is 752 g/mol. The van der Waals surface area contributed by atoms with Gasteiger partial charge in [0.1, 0.15) is 0 Å². The Kier molecular flexibility index (Phi) is 8.37. The number of aromatic nitrogens is 3. The molecule has 0 unspecified atom stereocenters. The second-order valence-corrected chi connectivity index (χ2v) is 15.3. The van der Waals surface area contributed by atoms with Crippen LogP contribution in [0.2, 0.25) is 0 Å². The van der Waals surface area contributed by atoms with E-state index in [0.717, 1.165) is 33.2 Å². The van der Waals surface area contributed by atoms with Gasteiger partial charge in [0.2, 0.25) is 0 Å². The van der Waals surface area contributed by atoms with Crippen LogP contribution >= 0.6 is 0 Å². The van der Waals surface area contributed by atoms with E-state index in [0.29, 0.717) is 17.5 Å². The minimum Gasteiger partial charge on any atom is -0.208 e. The lowest BCUT2D eigenvalue weighted by Crippen LogP contribution is -2.00. The molecular formula is C56H37N3. The molecule has 0 N–H and O–H groups in total. The van der Waals surface area contributed by atoms with Crippen molar-refractivity contribution in [1.82, 2.24) is 15.0 Å². The number of hydrogen-bond acceptors (Lipinski definition) is 3. The highest BCUT2D eigenvalue weighted by Gasteiger charge is 2.15. The second kappa shape index (κ2) is 14.3. The molecule has 0 bridgehead atoms. The minimum atomic E-state index is 0.643. The van der Waals surface area contributed by atoms with Crippen LogP contribution in [0.1, 0.15) is 5.56 Å². The molecule has 11 aromatic rings. The molecule has 1 aromatic heterocycles. The highest BCUT2D eigenvalue weighted by Crippen LogP contribution is 2.38. The molecule has 0 saturated heterocycles. The van der Waals surface area contributed by atoms with Crippen molar-refractivity contribution < 1.29 is 0 Å². The topological polar surface area (TPSA) is 38.7 Å². The molecule has 0 fully saturated rings. The lowest BCUT2D eigenvalue weighted by atomic mass is 9.90. The third-order valence-corrected chi connectivity index (χ3v) is 11.6. The first-order chi connectivity index (χ1) is 29.1. The Morgan fingerprint density at radius 3 is 1.41 bits per heavy atom. The van der Waals surface area contributed by atoms with Gasteiger partial charge in [-0.25, -0.2) is 15.0 Å². The zero-order valence-electron chi connectivity index (χ0n) is 32.5. The Bertz CT molecular complexity index is 3350. The molecule has 0 atom stereocenters. The highest BCUT2D eigenvalue weighted by atomic mass is 15.0. The fourth-order valence-corrected chi connectivity index (χ4v) is 8.61. The largest absolute Gasteiger partial charge is 0.208 e. The fourth-order valence-electron chi connectivity index (χ4n) is 8.61. The van der Waals surface area contributed by atoms with Crippen LogP contribution in [-0.4, -0.2) is 15.0 Å². The van der Waals surface area contributed by atoms with Crippen LogP contribution in [0.15, 0.2) is 206 Å². The lowest BCUT2D eigenvalue weighted by Gasteiger charge is -2.13. The summed E-state index contributed by atoms with van der Waals surface area (Å²) in [5.74, 6) is 1.94. The number of hydrogen-bond donors (Lipinski definition) is 0. The van der Waals surface area contributed by atoms with E-state index in [1.54, 1.807) is 0 Å². The summed E-state index contributed by atoms with van der Waals surface area (Å²) in [4.78, 5) is 15.0. The molecule has 3 heteroatoms. The van der Waals surface area contributed by atoms with Crippen molar-refractivity contribution in [3.8, 4) is 67.5 Å². The molecule has 0 spiro atoms. The van der Waals surface area contributed by atoms with Crippen molar-refractivity contribution in [1.29, 1.82) is 0 Å². The molecule has 0 saturated carbocycles. The zero-order chi connectivity index (χ0) is 39.3. The van der Waals surface area contributed by atoms with Gasteiger partial charge >= 0.3 is 0 Å². The Morgan fingerprint density at radius 1 is 0.254 bits per heavy atom. The molecule has 59 heavy (non-hydrogen) atoms. The maximum atomic E-state index is 5.05. The van der Waals surface area contributed by atoms with Gasteiger partial charge in [0.05, 0.1) is 0 Å². The fraction of sp³-hybridized carbons (Fsp3) is 0.0179. The maximum absolute atomic E-state index is 5.05. The van der Waals surface area contributed by atoms with Gasteiger partial charge in [-0.05, 0) is 107 Å². The van der Waals surface area contributed by atoms with Crippen molar-refractivity contribution in [2.45, 2.75) is 6.92 Å². The van der Waals surface area contributed by atoms with Crippen molar-refractivity contribution in [3.63, 3.8) is 0 Å². The molecular weight excluding hydrogens is 715 g/mol. The smallest absolute Gasteiger partial charge is 0.164 e. The predicted octanol–water partition coefficient (Wildman–Crippen LogP) is 14.8. The quantitative estimate of drug-likeness (QED) is 0.159. The first kappa shape index (κ1) is 34.5.